The number of carbonyl (C=O) groups is 2. The van der Waals surface area contributed by atoms with Crippen molar-refractivity contribution in [3.63, 3.8) is 0 Å². The lowest BCUT2D eigenvalue weighted by atomic mass is 10.2. The number of carbonyl (C=O) groups excluding carboxylic acids is 2. The molecule has 0 aliphatic heterocycles. The molecule has 0 spiro atoms. The summed E-state index contributed by atoms with van der Waals surface area (Å²) in [5.41, 5.74) is -0.797. The van der Waals surface area contributed by atoms with Crippen molar-refractivity contribution < 1.29 is 27.1 Å². The average molecular weight is 438 g/mol. The highest BCUT2D eigenvalue weighted by molar-refractivity contribution is 7.89. The van der Waals surface area contributed by atoms with Gasteiger partial charge in [0.2, 0.25) is 15.9 Å². The normalized spacial score (nSPS) is 11.8. The first kappa shape index (κ1) is 23.2. The Labute approximate surface area is 174 Å². The van der Waals surface area contributed by atoms with Crippen molar-refractivity contribution in [3.8, 4) is 0 Å². The zero-order valence-electron chi connectivity index (χ0n) is 17.0. The van der Waals surface area contributed by atoms with Gasteiger partial charge in [0.1, 0.15) is 16.3 Å². The molecule has 162 valence electrons. The van der Waals surface area contributed by atoms with Crippen LogP contribution >= 0.6 is 0 Å². The number of ether oxygens (including phenoxy) is 1. The first-order valence-electron chi connectivity index (χ1n) is 8.84. The maximum absolute atomic E-state index is 14.0. The highest BCUT2D eigenvalue weighted by atomic mass is 32.2. The van der Waals surface area contributed by atoms with Crippen molar-refractivity contribution in [1.29, 1.82) is 0 Å². The minimum atomic E-state index is -3.90. The smallest absolute Gasteiger partial charge is 0.412 e. The SMILES string of the molecule is CN(CC(=O)Nc1ccc(F)c(NC(=O)OC(C)(C)C)c1)S(=O)(=O)c1cccnc1. The fourth-order valence-electron chi connectivity index (χ4n) is 2.28. The minimum Gasteiger partial charge on any atom is -0.444 e. The zero-order valence-corrected chi connectivity index (χ0v) is 17.8. The van der Waals surface area contributed by atoms with Gasteiger partial charge in [-0.3, -0.25) is 15.1 Å². The van der Waals surface area contributed by atoms with E-state index in [0.717, 1.165) is 10.4 Å². The van der Waals surface area contributed by atoms with Crippen LogP contribution in [0.15, 0.2) is 47.6 Å². The monoisotopic (exact) mass is 438 g/mol. The van der Waals surface area contributed by atoms with Gasteiger partial charge >= 0.3 is 6.09 Å². The third-order valence-electron chi connectivity index (χ3n) is 3.59. The zero-order chi connectivity index (χ0) is 22.5. The number of likely N-dealkylation sites (N-methyl/N-ethyl adjacent to an activating group) is 1. The van der Waals surface area contributed by atoms with E-state index in [4.69, 9.17) is 4.74 Å². The van der Waals surface area contributed by atoms with Gasteiger partial charge in [0, 0.05) is 25.1 Å². The third kappa shape index (κ3) is 6.49. The number of anilines is 2. The second-order valence-corrected chi connectivity index (χ2v) is 9.36. The van der Waals surface area contributed by atoms with Crippen LogP contribution in [0.3, 0.4) is 0 Å². The number of hydrogen-bond acceptors (Lipinski definition) is 6. The molecule has 11 heteroatoms. The van der Waals surface area contributed by atoms with Gasteiger partial charge in [0.15, 0.2) is 0 Å². The second-order valence-electron chi connectivity index (χ2n) is 7.32. The largest absolute Gasteiger partial charge is 0.444 e. The minimum absolute atomic E-state index is 0.0501. The highest BCUT2D eigenvalue weighted by Crippen LogP contribution is 2.21. The van der Waals surface area contributed by atoms with Crippen LogP contribution < -0.4 is 10.6 Å². The van der Waals surface area contributed by atoms with Crippen LogP contribution in [0.1, 0.15) is 20.8 Å². The molecule has 0 fully saturated rings. The molecule has 30 heavy (non-hydrogen) atoms. The van der Waals surface area contributed by atoms with Crippen LogP contribution in [0.2, 0.25) is 0 Å². The van der Waals surface area contributed by atoms with Gasteiger partial charge in [0.05, 0.1) is 12.2 Å². The summed E-state index contributed by atoms with van der Waals surface area (Å²) >= 11 is 0. The summed E-state index contributed by atoms with van der Waals surface area (Å²) in [6, 6.07) is 6.37. The number of nitrogens with zero attached hydrogens (tertiary/aromatic N) is 2. The summed E-state index contributed by atoms with van der Waals surface area (Å²) < 4.78 is 44.8. The molecular weight excluding hydrogens is 415 g/mol. The topological polar surface area (TPSA) is 118 Å². The molecule has 2 N–H and O–H groups in total. The van der Waals surface area contributed by atoms with Gasteiger partial charge in [-0.1, -0.05) is 0 Å². The van der Waals surface area contributed by atoms with E-state index in [9.17, 15) is 22.4 Å². The van der Waals surface area contributed by atoms with E-state index >= 15 is 0 Å². The van der Waals surface area contributed by atoms with Gasteiger partial charge in [0.25, 0.3) is 0 Å². The van der Waals surface area contributed by atoms with Gasteiger partial charge in [-0.25, -0.2) is 17.6 Å². The maximum Gasteiger partial charge on any atom is 0.412 e. The number of halogens is 1. The summed E-state index contributed by atoms with van der Waals surface area (Å²) in [6.07, 6.45) is 1.76. The number of hydrogen-bond donors (Lipinski definition) is 2. The molecule has 2 amide bonds. The number of pyridine rings is 1. The van der Waals surface area contributed by atoms with Gasteiger partial charge in [-0.05, 0) is 51.1 Å². The van der Waals surface area contributed by atoms with Crippen molar-refractivity contribution in [2.45, 2.75) is 31.3 Å². The third-order valence-corrected chi connectivity index (χ3v) is 5.38. The fraction of sp³-hybridized carbons (Fsp3) is 0.316. The molecule has 0 aliphatic rings. The van der Waals surface area contributed by atoms with E-state index in [2.05, 4.69) is 15.6 Å². The van der Waals surface area contributed by atoms with Crippen LogP contribution in [0.4, 0.5) is 20.6 Å². The van der Waals surface area contributed by atoms with Crippen molar-refractivity contribution in [1.82, 2.24) is 9.29 Å². The summed E-state index contributed by atoms with van der Waals surface area (Å²) in [7, 11) is -2.65. The molecule has 9 nitrogen and oxygen atoms in total. The first-order chi connectivity index (χ1) is 13.9. The summed E-state index contributed by atoms with van der Waals surface area (Å²) in [5.74, 6) is -1.38. The Kier molecular flexibility index (Phi) is 7.11. The van der Waals surface area contributed by atoms with Crippen LogP contribution in [0.25, 0.3) is 0 Å². The van der Waals surface area contributed by atoms with Crippen molar-refractivity contribution >= 4 is 33.4 Å². The van der Waals surface area contributed by atoms with Crippen LogP contribution in [-0.4, -0.2) is 48.9 Å². The Hall–Kier alpha value is -3.05. The van der Waals surface area contributed by atoms with E-state index in [-0.39, 0.29) is 16.3 Å². The number of amides is 2. The Morgan fingerprint density at radius 2 is 1.90 bits per heavy atom. The standard InChI is InChI=1S/C19H23FN4O5S/c1-19(2,3)29-18(26)23-16-10-13(7-8-15(16)20)22-17(25)12-24(4)30(27,28)14-6-5-9-21-11-14/h5-11H,12H2,1-4H3,(H,22,25)(H,23,26). The molecule has 0 saturated carbocycles. The molecule has 0 unspecified atom stereocenters. The second kappa shape index (κ2) is 9.18. The van der Waals surface area contributed by atoms with E-state index < -0.39 is 40.0 Å². The molecule has 0 aliphatic carbocycles. The van der Waals surface area contributed by atoms with Crippen molar-refractivity contribution in [3.05, 3.63) is 48.5 Å². The quantitative estimate of drug-likeness (QED) is 0.716. The number of nitrogens with one attached hydrogen (secondary N) is 2. The van der Waals surface area contributed by atoms with Crippen LogP contribution in [-0.2, 0) is 19.6 Å². The van der Waals surface area contributed by atoms with E-state index in [1.807, 2.05) is 0 Å². The van der Waals surface area contributed by atoms with Crippen LogP contribution in [0, 0.1) is 5.82 Å². The van der Waals surface area contributed by atoms with Gasteiger partial charge in [-0.2, -0.15) is 4.31 Å². The molecule has 2 aromatic rings. The summed E-state index contributed by atoms with van der Waals surface area (Å²) in [6.45, 7) is 4.50. The predicted octanol–water partition coefficient (Wildman–Crippen LogP) is 2.83. The van der Waals surface area contributed by atoms with E-state index in [1.165, 1.54) is 43.7 Å². The summed E-state index contributed by atoms with van der Waals surface area (Å²) in [4.78, 5) is 27.8. The summed E-state index contributed by atoms with van der Waals surface area (Å²) in [5, 5.41) is 4.73. The van der Waals surface area contributed by atoms with Gasteiger partial charge in [-0.15, -0.1) is 0 Å². The number of aromatic nitrogens is 1. The molecule has 0 atom stereocenters. The Morgan fingerprint density at radius 3 is 2.50 bits per heavy atom. The predicted molar refractivity (Wildman–Crippen MR) is 109 cm³/mol. The molecule has 2 rings (SSSR count). The van der Waals surface area contributed by atoms with Crippen molar-refractivity contribution in [2.75, 3.05) is 24.2 Å². The highest BCUT2D eigenvalue weighted by Gasteiger charge is 2.23. The number of sulfonamides is 1. The van der Waals surface area contributed by atoms with E-state index in [1.54, 1.807) is 20.8 Å². The molecule has 0 saturated heterocycles. The lowest BCUT2D eigenvalue weighted by molar-refractivity contribution is -0.116. The molecule has 1 aromatic carbocycles. The maximum atomic E-state index is 14.0. The Bertz CT molecular complexity index is 1020. The lowest BCUT2D eigenvalue weighted by Crippen LogP contribution is -2.35. The molecular formula is C19H23FN4O5S. The molecule has 1 heterocycles. The molecule has 1 aromatic heterocycles. The Morgan fingerprint density at radius 1 is 1.20 bits per heavy atom. The van der Waals surface area contributed by atoms with E-state index in [0.29, 0.717) is 0 Å². The van der Waals surface area contributed by atoms with Gasteiger partial charge < -0.3 is 10.1 Å². The lowest BCUT2D eigenvalue weighted by Gasteiger charge is -2.20. The number of benzene rings is 1. The molecule has 0 radical (unpaired) electrons. The van der Waals surface area contributed by atoms with Crippen molar-refractivity contribution in [2.24, 2.45) is 0 Å². The first-order valence-corrected chi connectivity index (χ1v) is 10.3. The fourth-order valence-corrected chi connectivity index (χ4v) is 3.37. The molecule has 0 bridgehead atoms. The number of rotatable bonds is 6. The average Bonchev–Trinajstić information content (AvgIpc) is 2.63. The Balaban J connectivity index is 2.06. The van der Waals surface area contributed by atoms with Crippen LogP contribution in [0.5, 0.6) is 0 Å².